The highest BCUT2D eigenvalue weighted by molar-refractivity contribution is 9.10. The Bertz CT molecular complexity index is 677. The summed E-state index contributed by atoms with van der Waals surface area (Å²) in [6.07, 6.45) is 0. The number of nitriles is 1. The molecule has 20 heavy (non-hydrogen) atoms. The summed E-state index contributed by atoms with van der Waals surface area (Å²) >= 11 is 3.42. The molecule has 0 aliphatic carbocycles. The number of rotatable bonds is 1. The van der Waals surface area contributed by atoms with Crippen molar-refractivity contribution in [2.45, 2.75) is 26.2 Å². The molecule has 4 heteroatoms. The maximum atomic E-state index is 9.35. The van der Waals surface area contributed by atoms with E-state index >= 15 is 0 Å². The number of nitrogens with one attached hydrogen (secondary N) is 1. The van der Waals surface area contributed by atoms with Crippen molar-refractivity contribution in [2.24, 2.45) is 0 Å². The van der Waals surface area contributed by atoms with Crippen LogP contribution < -0.4 is 10.7 Å². The lowest BCUT2D eigenvalue weighted by molar-refractivity contribution is -0.379. The van der Waals surface area contributed by atoms with Gasteiger partial charge in [0.1, 0.15) is 17.3 Å². The maximum Gasteiger partial charge on any atom is 0.289 e. The van der Waals surface area contributed by atoms with Crippen LogP contribution in [-0.2, 0) is 5.41 Å². The quantitative estimate of drug-likeness (QED) is 0.866. The molecule has 1 heterocycles. The summed E-state index contributed by atoms with van der Waals surface area (Å²) in [4.78, 5) is 3.13. The minimum absolute atomic E-state index is 0.0633. The third-order valence-electron chi connectivity index (χ3n) is 3.17. The van der Waals surface area contributed by atoms with Gasteiger partial charge in [0.2, 0.25) is 0 Å². The average molecular weight is 331 g/mol. The molecule has 3 nitrogen and oxygen atoms in total. The number of nitrogens with two attached hydrogens (primary N) is 1. The Balaban J connectivity index is 2.70. The van der Waals surface area contributed by atoms with Gasteiger partial charge in [-0.3, -0.25) is 5.73 Å². The second-order valence-electron chi connectivity index (χ2n) is 5.75. The van der Waals surface area contributed by atoms with Crippen molar-refractivity contribution in [2.75, 3.05) is 5.73 Å². The maximum absolute atomic E-state index is 9.35. The monoisotopic (exact) mass is 330 g/mol. The van der Waals surface area contributed by atoms with E-state index in [-0.39, 0.29) is 5.41 Å². The van der Waals surface area contributed by atoms with Crippen molar-refractivity contribution < 1.29 is 4.98 Å². The van der Waals surface area contributed by atoms with Crippen LogP contribution in [0.2, 0.25) is 0 Å². The van der Waals surface area contributed by atoms with Crippen LogP contribution in [0.5, 0.6) is 0 Å². The van der Waals surface area contributed by atoms with Crippen LogP contribution in [0.1, 0.15) is 32.0 Å². The van der Waals surface area contributed by atoms with Gasteiger partial charge in [-0.15, -0.1) is 0 Å². The average Bonchev–Trinajstić information content (AvgIpc) is 2.37. The van der Waals surface area contributed by atoms with Crippen LogP contribution in [0.25, 0.3) is 11.1 Å². The highest BCUT2D eigenvalue weighted by Gasteiger charge is 2.23. The summed E-state index contributed by atoms with van der Waals surface area (Å²) in [6, 6.07) is 12.1. The predicted molar refractivity (Wildman–Crippen MR) is 84.0 cm³/mol. The molecular weight excluding hydrogens is 314 g/mol. The van der Waals surface area contributed by atoms with E-state index in [4.69, 9.17) is 5.73 Å². The standard InChI is InChI=1S/C16H16BrN3/c1-16(2,3)14-8-12(13(9-18)15(19)20-14)10-4-6-11(17)7-5-10/h4-8H,1-3H3,(H2,19,20)/p+1. The third-order valence-corrected chi connectivity index (χ3v) is 3.70. The van der Waals surface area contributed by atoms with E-state index in [2.05, 4.69) is 47.8 Å². The zero-order valence-electron chi connectivity index (χ0n) is 11.8. The molecule has 0 spiro atoms. The molecule has 1 aromatic heterocycles. The molecule has 0 unspecified atom stereocenters. The molecule has 0 radical (unpaired) electrons. The summed E-state index contributed by atoms with van der Waals surface area (Å²) in [5.41, 5.74) is 9.28. The number of hydrogen-bond donors (Lipinski definition) is 1. The van der Waals surface area contributed by atoms with Gasteiger partial charge in [0.25, 0.3) is 5.82 Å². The molecule has 0 aliphatic heterocycles. The summed E-state index contributed by atoms with van der Waals surface area (Å²) < 4.78 is 1.01. The van der Waals surface area contributed by atoms with Crippen LogP contribution in [0.15, 0.2) is 34.8 Å². The first-order valence-corrected chi connectivity index (χ1v) is 7.14. The fraction of sp³-hybridized carbons (Fsp3) is 0.250. The second kappa shape index (κ2) is 5.26. The Morgan fingerprint density at radius 3 is 2.30 bits per heavy atom. The number of anilines is 1. The summed E-state index contributed by atoms with van der Waals surface area (Å²) in [6.45, 7) is 6.32. The molecule has 102 valence electrons. The first-order chi connectivity index (χ1) is 9.32. The molecule has 0 aliphatic rings. The van der Waals surface area contributed by atoms with Crippen molar-refractivity contribution in [3.63, 3.8) is 0 Å². The molecule has 0 saturated carbocycles. The smallest absolute Gasteiger partial charge is 0.286 e. The Labute approximate surface area is 127 Å². The number of H-pyrrole nitrogens is 1. The molecule has 0 amide bonds. The molecule has 3 N–H and O–H groups in total. The molecular formula is C16H17BrN3+. The molecule has 2 aromatic rings. The van der Waals surface area contributed by atoms with Crippen LogP contribution in [0.3, 0.4) is 0 Å². The number of pyridine rings is 1. The number of halogens is 1. The van der Waals surface area contributed by atoms with E-state index in [1.54, 1.807) is 0 Å². The van der Waals surface area contributed by atoms with Crippen molar-refractivity contribution >= 4 is 21.7 Å². The number of hydrogen-bond acceptors (Lipinski definition) is 2. The molecule has 1 aromatic carbocycles. The fourth-order valence-corrected chi connectivity index (χ4v) is 2.25. The lowest BCUT2D eigenvalue weighted by atomic mass is 9.88. The topological polar surface area (TPSA) is 64.0 Å². The molecule has 0 bridgehead atoms. The van der Waals surface area contributed by atoms with Crippen LogP contribution in [0.4, 0.5) is 5.82 Å². The minimum atomic E-state index is -0.0633. The number of benzene rings is 1. The lowest BCUT2D eigenvalue weighted by Gasteiger charge is -2.17. The van der Waals surface area contributed by atoms with Gasteiger partial charge >= 0.3 is 0 Å². The fourth-order valence-electron chi connectivity index (χ4n) is 1.99. The number of aromatic nitrogens is 1. The van der Waals surface area contributed by atoms with E-state index in [0.717, 1.165) is 21.3 Å². The van der Waals surface area contributed by atoms with Crippen molar-refractivity contribution in [1.29, 1.82) is 5.26 Å². The van der Waals surface area contributed by atoms with Gasteiger partial charge in [0.05, 0.1) is 0 Å². The number of nitrogens with zero attached hydrogens (tertiary/aromatic N) is 1. The first-order valence-electron chi connectivity index (χ1n) is 6.35. The zero-order chi connectivity index (χ0) is 14.9. The first kappa shape index (κ1) is 14.5. The van der Waals surface area contributed by atoms with E-state index in [0.29, 0.717) is 11.4 Å². The third kappa shape index (κ3) is 2.83. The van der Waals surface area contributed by atoms with E-state index in [1.165, 1.54) is 0 Å². The molecule has 0 saturated heterocycles. The summed E-state index contributed by atoms with van der Waals surface area (Å²) in [5.74, 6) is 0.415. The van der Waals surface area contributed by atoms with Crippen molar-refractivity contribution in [3.8, 4) is 17.2 Å². The van der Waals surface area contributed by atoms with Crippen molar-refractivity contribution in [3.05, 3.63) is 46.1 Å². The van der Waals surface area contributed by atoms with Gasteiger partial charge in [-0.2, -0.15) is 5.26 Å². The Morgan fingerprint density at radius 2 is 1.80 bits per heavy atom. The summed E-state index contributed by atoms with van der Waals surface area (Å²) in [5, 5.41) is 9.35. The normalized spacial score (nSPS) is 11.2. The number of nitrogen functional groups attached to an aromatic ring is 1. The molecule has 2 rings (SSSR count). The Kier molecular flexibility index (Phi) is 3.82. The van der Waals surface area contributed by atoms with Gasteiger partial charge in [0, 0.05) is 15.5 Å². The van der Waals surface area contributed by atoms with Crippen LogP contribution >= 0.6 is 15.9 Å². The van der Waals surface area contributed by atoms with Gasteiger partial charge in [-0.1, -0.05) is 48.8 Å². The molecule has 0 atom stereocenters. The van der Waals surface area contributed by atoms with E-state index in [1.807, 2.05) is 30.3 Å². The zero-order valence-corrected chi connectivity index (χ0v) is 13.4. The van der Waals surface area contributed by atoms with Gasteiger partial charge in [-0.05, 0) is 23.8 Å². The van der Waals surface area contributed by atoms with Gasteiger partial charge in [-0.25, -0.2) is 4.98 Å². The van der Waals surface area contributed by atoms with Crippen molar-refractivity contribution in [1.82, 2.24) is 0 Å². The summed E-state index contributed by atoms with van der Waals surface area (Å²) in [7, 11) is 0. The Morgan fingerprint density at radius 1 is 1.20 bits per heavy atom. The minimum Gasteiger partial charge on any atom is -0.286 e. The highest BCUT2D eigenvalue weighted by atomic mass is 79.9. The lowest BCUT2D eigenvalue weighted by Crippen LogP contribution is -2.27. The number of aromatic amines is 1. The van der Waals surface area contributed by atoms with E-state index < -0.39 is 0 Å². The Hall–Kier alpha value is -1.86. The SMILES string of the molecule is CC(C)(C)c1cc(-c2ccc(Br)cc2)c(C#N)c(N)[nH+]1. The highest BCUT2D eigenvalue weighted by Crippen LogP contribution is 2.30. The van der Waals surface area contributed by atoms with Crippen LogP contribution in [-0.4, -0.2) is 0 Å². The second-order valence-corrected chi connectivity index (χ2v) is 6.67. The largest absolute Gasteiger partial charge is 0.289 e. The predicted octanol–water partition coefficient (Wildman–Crippen LogP) is 3.68. The van der Waals surface area contributed by atoms with Gasteiger partial charge in [0.15, 0.2) is 0 Å². The van der Waals surface area contributed by atoms with Gasteiger partial charge < -0.3 is 0 Å². The molecule has 0 fully saturated rings. The van der Waals surface area contributed by atoms with E-state index in [9.17, 15) is 5.26 Å². The van der Waals surface area contributed by atoms with Crippen LogP contribution in [0, 0.1) is 11.3 Å².